The van der Waals surface area contributed by atoms with E-state index in [0.29, 0.717) is 17.4 Å². The molecule has 1 aliphatic rings. The largest absolute Gasteiger partial charge is 0.325 e. The van der Waals surface area contributed by atoms with E-state index in [4.69, 9.17) is 16.6 Å². The summed E-state index contributed by atoms with van der Waals surface area (Å²) in [7, 11) is 0. The summed E-state index contributed by atoms with van der Waals surface area (Å²) in [5.74, 6) is 2.17. The van der Waals surface area contributed by atoms with E-state index in [0.717, 1.165) is 46.3 Å². The van der Waals surface area contributed by atoms with Crippen molar-refractivity contribution in [1.29, 1.82) is 0 Å². The highest BCUT2D eigenvalue weighted by Gasteiger charge is 2.31. The number of aryl methyl sites for hydroxylation is 2. The molecule has 0 aliphatic carbocycles. The minimum Gasteiger partial charge on any atom is -0.325 e. The smallest absolute Gasteiger partial charge is 0.141 e. The van der Waals surface area contributed by atoms with Gasteiger partial charge in [-0.1, -0.05) is 24.6 Å². The van der Waals surface area contributed by atoms with Gasteiger partial charge >= 0.3 is 0 Å². The molecule has 1 atom stereocenters. The molecule has 162 valence electrons. The average Bonchev–Trinajstić information content (AvgIpc) is 3.32. The van der Waals surface area contributed by atoms with Gasteiger partial charge < -0.3 is 4.90 Å². The van der Waals surface area contributed by atoms with E-state index in [1.165, 1.54) is 12.1 Å². The summed E-state index contributed by atoms with van der Waals surface area (Å²) in [5.41, 5.74) is 4.79. The zero-order valence-electron chi connectivity index (χ0n) is 18.0. The van der Waals surface area contributed by atoms with Crippen molar-refractivity contribution in [2.75, 3.05) is 11.4 Å². The molecule has 1 unspecified atom stereocenters. The normalized spacial score (nSPS) is 15.3. The first-order valence-corrected chi connectivity index (χ1v) is 10.8. The third-order valence-electron chi connectivity index (χ3n) is 5.69. The first kappa shape index (κ1) is 20.6. The number of nitrogens with zero attached hydrogens (tertiary/aromatic N) is 6. The number of rotatable bonds is 4. The second kappa shape index (κ2) is 7.98. The van der Waals surface area contributed by atoms with Gasteiger partial charge in [-0.3, -0.25) is 4.57 Å². The summed E-state index contributed by atoms with van der Waals surface area (Å²) in [6.07, 6.45) is 6.06. The van der Waals surface area contributed by atoms with Crippen molar-refractivity contribution in [3.63, 3.8) is 0 Å². The maximum atomic E-state index is 13.4. The molecule has 1 aliphatic heterocycles. The maximum Gasteiger partial charge on any atom is 0.141 e. The zero-order chi connectivity index (χ0) is 22.4. The van der Waals surface area contributed by atoms with Gasteiger partial charge in [0.05, 0.1) is 5.69 Å². The van der Waals surface area contributed by atoms with E-state index in [9.17, 15) is 4.39 Å². The fourth-order valence-electron chi connectivity index (χ4n) is 4.19. The van der Waals surface area contributed by atoms with Crippen LogP contribution in [0.2, 0.25) is 5.15 Å². The molecule has 0 fully saturated rings. The molecule has 6 nitrogen and oxygen atoms in total. The Hall–Kier alpha value is -3.32. The van der Waals surface area contributed by atoms with Crippen molar-refractivity contribution in [2.24, 2.45) is 0 Å². The fourth-order valence-corrected chi connectivity index (χ4v) is 4.56. The van der Waals surface area contributed by atoms with Crippen LogP contribution in [-0.4, -0.2) is 31.0 Å². The van der Waals surface area contributed by atoms with Crippen molar-refractivity contribution in [1.82, 2.24) is 24.5 Å². The number of hydrogen-bond acceptors (Lipinski definition) is 5. The van der Waals surface area contributed by atoms with E-state index >= 15 is 0 Å². The Labute approximate surface area is 190 Å². The van der Waals surface area contributed by atoms with Crippen LogP contribution in [0.3, 0.4) is 0 Å². The average molecular weight is 449 g/mol. The van der Waals surface area contributed by atoms with Crippen LogP contribution >= 0.6 is 11.6 Å². The molecule has 5 rings (SSSR count). The maximum absolute atomic E-state index is 13.4. The van der Waals surface area contributed by atoms with Crippen molar-refractivity contribution >= 4 is 23.1 Å². The van der Waals surface area contributed by atoms with Crippen LogP contribution in [-0.2, 0) is 6.42 Å². The second-order valence-corrected chi connectivity index (χ2v) is 8.60. The van der Waals surface area contributed by atoms with Crippen LogP contribution in [0, 0.1) is 19.7 Å². The van der Waals surface area contributed by atoms with Gasteiger partial charge in [-0.05, 0) is 49.2 Å². The number of aromatic nitrogens is 5. The van der Waals surface area contributed by atoms with E-state index in [2.05, 4.69) is 32.8 Å². The van der Waals surface area contributed by atoms with Gasteiger partial charge in [0.25, 0.3) is 0 Å². The molecular weight excluding hydrogens is 427 g/mol. The van der Waals surface area contributed by atoms with Crippen LogP contribution in [0.1, 0.15) is 41.1 Å². The molecule has 4 aromatic rings. The standard InChI is InChI=1S/C24H22ClFN6/c1-14-8-17(10-27-23(14)31-12-16(3)28-13-31)9-20-29-22(25)21-15(2)11-32(24(21)30-20)19-6-4-18(26)5-7-19/h4-8,10,12-13,15H,9,11H2,1-3H3. The highest BCUT2D eigenvalue weighted by atomic mass is 35.5. The van der Waals surface area contributed by atoms with Gasteiger partial charge in [0.15, 0.2) is 0 Å². The number of anilines is 2. The monoisotopic (exact) mass is 448 g/mol. The van der Waals surface area contributed by atoms with Gasteiger partial charge in [-0.2, -0.15) is 0 Å². The number of fused-ring (bicyclic) bond motifs is 1. The minimum absolute atomic E-state index is 0.179. The molecule has 0 N–H and O–H groups in total. The lowest BCUT2D eigenvalue weighted by atomic mass is 10.1. The molecule has 0 saturated heterocycles. The molecule has 0 radical (unpaired) electrons. The van der Waals surface area contributed by atoms with E-state index in [1.807, 2.05) is 30.8 Å². The predicted molar refractivity (Wildman–Crippen MR) is 123 cm³/mol. The Morgan fingerprint density at radius 3 is 2.56 bits per heavy atom. The molecule has 1 aromatic carbocycles. The molecule has 4 heterocycles. The summed E-state index contributed by atoms with van der Waals surface area (Å²) >= 11 is 6.59. The van der Waals surface area contributed by atoms with Gasteiger partial charge in [0, 0.05) is 42.5 Å². The molecule has 0 amide bonds. The summed E-state index contributed by atoms with van der Waals surface area (Å²) in [4.78, 5) is 20.4. The number of pyridine rings is 1. The van der Waals surface area contributed by atoms with Crippen LogP contribution in [0.5, 0.6) is 0 Å². The Kier molecular flexibility index (Phi) is 5.13. The number of hydrogen-bond donors (Lipinski definition) is 0. The van der Waals surface area contributed by atoms with Crippen molar-refractivity contribution in [2.45, 2.75) is 33.1 Å². The van der Waals surface area contributed by atoms with Crippen LogP contribution in [0.15, 0.2) is 49.1 Å². The number of halogens is 2. The SMILES string of the molecule is Cc1cn(-c2ncc(Cc3nc(Cl)c4c(n3)N(c3ccc(F)cc3)CC4C)cc2C)cn1. The van der Waals surface area contributed by atoms with Gasteiger partial charge in [-0.15, -0.1) is 0 Å². The Morgan fingerprint density at radius 2 is 1.88 bits per heavy atom. The summed E-state index contributed by atoms with van der Waals surface area (Å²) in [5, 5.41) is 0.470. The topological polar surface area (TPSA) is 59.7 Å². The van der Waals surface area contributed by atoms with E-state index in [1.54, 1.807) is 18.5 Å². The predicted octanol–water partition coefficient (Wildman–Crippen LogP) is 5.31. The van der Waals surface area contributed by atoms with Crippen LogP contribution in [0.4, 0.5) is 15.9 Å². The Morgan fingerprint density at radius 1 is 1.09 bits per heavy atom. The first-order chi connectivity index (χ1) is 15.4. The van der Waals surface area contributed by atoms with E-state index in [-0.39, 0.29) is 11.7 Å². The molecule has 32 heavy (non-hydrogen) atoms. The molecule has 8 heteroatoms. The highest BCUT2D eigenvalue weighted by Crippen LogP contribution is 2.42. The Balaban J connectivity index is 1.47. The fraction of sp³-hybridized carbons (Fsp3) is 0.250. The van der Waals surface area contributed by atoms with Gasteiger partial charge in [-0.25, -0.2) is 24.3 Å². The highest BCUT2D eigenvalue weighted by molar-refractivity contribution is 6.30. The lowest BCUT2D eigenvalue weighted by molar-refractivity contribution is 0.627. The van der Waals surface area contributed by atoms with E-state index < -0.39 is 0 Å². The summed E-state index contributed by atoms with van der Waals surface area (Å²) in [6.45, 7) is 6.79. The molecule has 3 aromatic heterocycles. The van der Waals surface area contributed by atoms with Crippen LogP contribution in [0.25, 0.3) is 5.82 Å². The molecule has 0 saturated carbocycles. The van der Waals surface area contributed by atoms with Crippen molar-refractivity contribution in [3.05, 3.63) is 88.2 Å². The van der Waals surface area contributed by atoms with Gasteiger partial charge in [0.2, 0.25) is 0 Å². The molecule has 0 bridgehead atoms. The Bertz CT molecular complexity index is 1300. The third kappa shape index (κ3) is 3.73. The van der Waals surface area contributed by atoms with Crippen molar-refractivity contribution < 1.29 is 4.39 Å². The van der Waals surface area contributed by atoms with Gasteiger partial charge in [0.1, 0.15) is 34.8 Å². The number of imidazole rings is 1. The third-order valence-corrected chi connectivity index (χ3v) is 5.98. The van der Waals surface area contributed by atoms with Crippen molar-refractivity contribution in [3.8, 4) is 5.82 Å². The molecular formula is C24H22ClFN6. The lowest BCUT2D eigenvalue weighted by Gasteiger charge is -2.19. The van der Waals surface area contributed by atoms with Crippen LogP contribution < -0.4 is 4.90 Å². The minimum atomic E-state index is -0.264. The zero-order valence-corrected chi connectivity index (χ0v) is 18.8. The molecule has 0 spiro atoms. The number of benzene rings is 1. The second-order valence-electron chi connectivity index (χ2n) is 8.24. The summed E-state index contributed by atoms with van der Waals surface area (Å²) < 4.78 is 15.3. The summed E-state index contributed by atoms with van der Waals surface area (Å²) in [6, 6.07) is 8.52. The first-order valence-electron chi connectivity index (χ1n) is 10.4. The quantitative estimate of drug-likeness (QED) is 0.396. The lowest BCUT2D eigenvalue weighted by Crippen LogP contribution is -2.16.